The van der Waals surface area contributed by atoms with Gasteiger partial charge in [-0.05, 0) is 36.3 Å². The van der Waals surface area contributed by atoms with Gasteiger partial charge in [0, 0.05) is 13.0 Å². The highest BCUT2D eigenvalue weighted by Gasteiger charge is 2.44. The fourth-order valence-corrected chi connectivity index (χ4v) is 4.34. The summed E-state index contributed by atoms with van der Waals surface area (Å²) in [6.45, 7) is 6.38. The van der Waals surface area contributed by atoms with Gasteiger partial charge in [-0.2, -0.15) is 11.8 Å². The predicted octanol–water partition coefficient (Wildman–Crippen LogP) is 2.04. The smallest absolute Gasteiger partial charge is 0.149 e. The normalized spacial score (nSPS) is 36.5. The molecule has 2 heterocycles. The molecule has 0 N–H and O–H groups in total. The van der Waals surface area contributed by atoms with Crippen molar-refractivity contribution in [3.05, 3.63) is 0 Å². The molecule has 2 aliphatic rings. The number of thioether (sulfide) groups is 1. The third-order valence-corrected chi connectivity index (χ3v) is 5.07. The van der Waals surface area contributed by atoms with Crippen LogP contribution in [0.1, 0.15) is 26.7 Å². The predicted molar refractivity (Wildman–Crippen MR) is 65.3 cm³/mol. The van der Waals surface area contributed by atoms with Gasteiger partial charge in [-0.25, -0.2) is 0 Å². The Labute approximate surface area is 96.8 Å². The average Bonchev–Trinajstić information content (AvgIpc) is 2.66. The average molecular weight is 227 g/mol. The van der Waals surface area contributed by atoms with E-state index in [1.165, 1.54) is 17.9 Å². The molecule has 0 spiro atoms. The highest BCUT2D eigenvalue weighted by molar-refractivity contribution is 7.99. The molecule has 0 saturated carbocycles. The van der Waals surface area contributed by atoms with Crippen molar-refractivity contribution < 1.29 is 4.79 Å². The second kappa shape index (κ2) is 4.88. The minimum Gasteiger partial charge on any atom is -0.298 e. The van der Waals surface area contributed by atoms with E-state index in [0.29, 0.717) is 18.1 Å². The van der Waals surface area contributed by atoms with E-state index in [0.717, 1.165) is 19.0 Å². The summed E-state index contributed by atoms with van der Waals surface area (Å²) in [5.74, 6) is 4.44. The molecule has 0 aliphatic carbocycles. The quantitative estimate of drug-likeness (QED) is 0.736. The number of carbonyl (C=O) groups excluding carboxylic acids is 1. The fourth-order valence-electron chi connectivity index (χ4n) is 3.08. The molecule has 2 rings (SSSR count). The van der Waals surface area contributed by atoms with Gasteiger partial charge in [0.1, 0.15) is 5.78 Å². The van der Waals surface area contributed by atoms with E-state index in [9.17, 15) is 4.79 Å². The van der Waals surface area contributed by atoms with Crippen LogP contribution in [0.15, 0.2) is 0 Å². The minimum absolute atomic E-state index is 0.255. The first kappa shape index (κ1) is 11.5. The molecular formula is C12H21NOS. The van der Waals surface area contributed by atoms with Crippen LogP contribution in [0.3, 0.4) is 0 Å². The lowest BCUT2D eigenvalue weighted by Crippen LogP contribution is -2.40. The summed E-state index contributed by atoms with van der Waals surface area (Å²) in [6.07, 6.45) is 1.96. The van der Waals surface area contributed by atoms with Gasteiger partial charge in [0.25, 0.3) is 0 Å². The Kier molecular flexibility index (Phi) is 3.73. The Morgan fingerprint density at radius 2 is 2.27 bits per heavy atom. The maximum absolute atomic E-state index is 12.0. The van der Waals surface area contributed by atoms with Gasteiger partial charge >= 0.3 is 0 Å². The first-order valence-electron chi connectivity index (χ1n) is 6.12. The summed E-state index contributed by atoms with van der Waals surface area (Å²) in [5.41, 5.74) is 0. The summed E-state index contributed by atoms with van der Waals surface area (Å²) in [7, 11) is 0. The van der Waals surface area contributed by atoms with Gasteiger partial charge in [0.15, 0.2) is 0 Å². The van der Waals surface area contributed by atoms with Crippen molar-refractivity contribution in [2.45, 2.75) is 32.7 Å². The van der Waals surface area contributed by atoms with Crippen molar-refractivity contribution >= 4 is 17.5 Å². The molecule has 0 radical (unpaired) electrons. The Hall–Kier alpha value is -0.0200. The zero-order chi connectivity index (χ0) is 10.8. The van der Waals surface area contributed by atoms with Crippen LogP contribution in [-0.4, -0.2) is 41.3 Å². The van der Waals surface area contributed by atoms with Gasteiger partial charge < -0.3 is 0 Å². The molecule has 2 aliphatic heterocycles. The molecule has 0 aromatic carbocycles. The lowest BCUT2D eigenvalue weighted by atomic mass is 9.86. The maximum Gasteiger partial charge on any atom is 0.149 e. The third-order valence-electron chi connectivity index (χ3n) is 3.89. The summed E-state index contributed by atoms with van der Waals surface area (Å²) >= 11 is 2.07. The third kappa shape index (κ3) is 2.09. The number of Topliss-reactive ketones (excluding diaryl/α,β-unsaturated/α-hetero) is 1. The SMILES string of the molecule is CCC(=O)C1C2CCSCC2CN1CC. The Morgan fingerprint density at radius 3 is 2.93 bits per heavy atom. The number of hydrogen-bond acceptors (Lipinski definition) is 3. The van der Waals surface area contributed by atoms with Crippen LogP contribution in [0.4, 0.5) is 0 Å². The number of nitrogens with zero attached hydrogens (tertiary/aromatic N) is 1. The van der Waals surface area contributed by atoms with E-state index < -0.39 is 0 Å². The second-order valence-electron chi connectivity index (χ2n) is 4.64. The van der Waals surface area contributed by atoms with E-state index in [2.05, 4.69) is 23.6 Å². The van der Waals surface area contributed by atoms with Crippen molar-refractivity contribution in [1.29, 1.82) is 0 Å². The molecule has 0 aromatic rings. The van der Waals surface area contributed by atoms with Crippen molar-refractivity contribution in [2.75, 3.05) is 24.6 Å². The zero-order valence-corrected chi connectivity index (χ0v) is 10.6. The molecule has 2 saturated heterocycles. The van der Waals surface area contributed by atoms with Crippen LogP contribution in [-0.2, 0) is 4.79 Å². The van der Waals surface area contributed by atoms with Gasteiger partial charge in [-0.1, -0.05) is 13.8 Å². The number of hydrogen-bond donors (Lipinski definition) is 0. The van der Waals surface area contributed by atoms with Gasteiger partial charge in [0.05, 0.1) is 6.04 Å². The molecule has 2 fully saturated rings. The molecule has 3 heteroatoms. The number of carbonyl (C=O) groups is 1. The van der Waals surface area contributed by atoms with Gasteiger partial charge in [-0.3, -0.25) is 9.69 Å². The number of likely N-dealkylation sites (N-methyl/N-ethyl adjacent to an activating group) is 1. The first-order chi connectivity index (χ1) is 7.27. The lowest BCUT2D eigenvalue weighted by Gasteiger charge is -2.28. The molecular weight excluding hydrogens is 206 g/mol. The van der Waals surface area contributed by atoms with Crippen LogP contribution in [0.25, 0.3) is 0 Å². The molecule has 15 heavy (non-hydrogen) atoms. The topological polar surface area (TPSA) is 20.3 Å². The van der Waals surface area contributed by atoms with Crippen LogP contribution >= 0.6 is 11.8 Å². The molecule has 0 amide bonds. The number of likely N-dealkylation sites (tertiary alicyclic amines) is 1. The lowest BCUT2D eigenvalue weighted by molar-refractivity contribution is -0.124. The first-order valence-corrected chi connectivity index (χ1v) is 7.27. The number of ketones is 1. The summed E-state index contributed by atoms with van der Waals surface area (Å²) in [4.78, 5) is 14.4. The molecule has 2 nitrogen and oxygen atoms in total. The Balaban J connectivity index is 2.13. The molecule has 3 unspecified atom stereocenters. The summed E-state index contributed by atoms with van der Waals surface area (Å²) in [6, 6.07) is 0.255. The van der Waals surface area contributed by atoms with Crippen LogP contribution in [0.2, 0.25) is 0 Å². The van der Waals surface area contributed by atoms with Crippen LogP contribution in [0.5, 0.6) is 0 Å². The van der Waals surface area contributed by atoms with E-state index in [-0.39, 0.29) is 6.04 Å². The fraction of sp³-hybridized carbons (Fsp3) is 0.917. The standard InChI is InChI=1S/C12H21NOS/c1-3-11(14)12-10-5-6-15-8-9(10)7-13(12)4-2/h9-10,12H,3-8H2,1-2H3. The Bertz CT molecular complexity index is 244. The largest absolute Gasteiger partial charge is 0.298 e. The molecule has 86 valence electrons. The van der Waals surface area contributed by atoms with E-state index in [1.54, 1.807) is 0 Å². The monoisotopic (exact) mass is 227 g/mol. The molecule has 0 aromatic heterocycles. The second-order valence-corrected chi connectivity index (χ2v) is 5.79. The summed E-state index contributed by atoms with van der Waals surface area (Å²) < 4.78 is 0. The van der Waals surface area contributed by atoms with Crippen LogP contribution < -0.4 is 0 Å². The molecule has 0 bridgehead atoms. The highest BCUT2D eigenvalue weighted by Crippen LogP contribution is 2.39. The van der Waals surface area contributed by atoms with E-state index in [4.69, 9.17) is 0 Å². The zero-order valence-electron chi connectivity index (χ0n) is 9.74. The van der Waals surface area contributed by atoms with Crippen molar-refractivity contribution in [3.63, 3.8) is 0 Å². The number of rotatable bonds is 3. The van der Waals surface area contributed by atoms with Crippen molar-refractivity contribution in [2.24, 2.45) is 11.8 Å². The summed E-state index contributed by atoms with van der Waals surface area (Å²) in [5, 5.41) is 0. The van der Waals surface area contributed by atoms with E-state index in [1.807, 2.05) is 6.92 Å². The molecule has 3 atom stereocenters. The number of fused-ring (bicyclic) bond motifs is 1. The van der Waals surface area contributed by atoms with Gasteiger partial charge in [-0.15, -0.1) is 0 Å². The van der Waals surface area contributed by atoms with Crippen molar-refractivity contribution in [1.82, 2.24) is 4.90 Å². The maximum atomic E-state index is 12.0. The van der Waals surface area contributed by atoms with E-state index >= 15 is 0 Å². The Morgan fingerprint density at radius 1 is 1.47 bits per heavy atom. The minimum atomic E-state index is 0.255. The van der Waals surface area contributed by atoms with Crippen LogP contribution in [0, 0.1) is 11.8 Å². The van der Waals surface area contributed by atoms with Gasteiger partial charge in [0.2, 0.25) is 0 Å². The highest BCUT2D eigenvalue weighted by atomic mass is 32.2. The van der Waals surface area contributed by atoms with Crippen molar-refractivity contribution in [3.8, 4) is 0 Å².